The molecule has 0 aliphatic heterocycles. The van der Waals surface area contributed by atoms with Crippen LogP contribution < -0.4 is 21.1 Å². The van der Waals surface area contributed by atoms with Crippen LogP contribution in [-0.2, 0) is 28.4 Å². The quantitative estimate of drug-likeness (QED) is 0.112. The smallest absolute Gasteiger partial charge is 0.406 e. The van der Waals surface area contributed by atoms with E-state index in [2.05, 4.69) is 25.3 Å². The van der Waals surface area contributed by atoms with Crippen molar-refractivity contribution in [1.82, 2.24) is 15.3 Å². The van der Waals surface area contributed by atoms with Gasteiger partial charge in [0.2, 0.25) is 0 Å². The van der Waals surface area contributed by atoms with Crippen LogP contribution in [0, 0.1) is 0 Å². The molecule has 2 aromatic carbocycles. The number of alkyl halides is 3. The molecule has 264 valence electrons. The summed E-state index contributed by atoms with van der Waals surface area (Å²) in [4.78, 5) is 21.1. The Morgan fingerprint density at radius 3 is 1.83 bits per heavy atom. The van der Waals surface area contributed by atoms with E-state index in [9.17, 15) is 18.0 Å². The molecule has 0 aliphatic rings. The number of amides is 1. The van der Waals surface area contributed by atoms with Gasteiger partial charge in [-0.05, 0) is 36.4 Å². The van der Waals surface area contributed by atoms with E-state index >= 15 is 0 Å². The first-order valence-electron chi connectivity index (χ1n) is 15.3. The van der Waals surface area contributed by atoms with Crippen LogP contribution in [0.15, 0.2) is 60.9 Å². The van der Waals surface area contributed by atoms with Crippen LogP contribution in [-0.4, -0.2) is 115 Å². The van der Waals surface area contributed by atoms with Gasteiger partial charge in [0.1, 0.15) is 17.9 Å². The molecular weight excluding hydrogens is 639 g/mol. The van der Waals surface area contributed by atoms with Crippen LogP contribution in [0.4, 0.5) is 24.7 Å². The summed E-state index contributed by atoms with van der Waals surface area (Å²) in [6.45, 7) is 6.26. The lowest BCUT2D eigenvalue weighted by atomic mass is 10.1. The van der Waals surface area contributed by atoms with Crippen LogP contribution in [0.3, 0.4) is 0 Å². The van der Waals surface area contributed by atoms with E-state index in [4.69, 9.17) is 34.2 Å². The molecule has 1 heterocycles. The standard InChI is InChI=1S/C32H42F3N5O8/c33-32(34,35)48-28-6-4-27(5-7-28)40-30-23-29(38-24-39-30)25-2-1-3-26(22-25)31(41)37-9-11-43-13-15-45-17-19-47-21-20-46-18-16-44-14-12-42-10-8-36/h1-7,22-24H,8-21,36H2,(H,37,41)(H,38,39,40). The normalized spacial score (nSPS) is 11.4. The zero-order valence-electron chi connectivity index (χ0n) is 26.5. The molecule has 13 nitrogen and oxygen atoms in total. The van der Waals surface area contributed by atoms with Crippen LogP contribution in [0.5, 0.6) is 5.75 Å². The van der Waals surface area contributed by atoms with Crippen molar-refractivity contribution in [2.75, 3.05) is 97.7 Å². The highest BCUT2D eigenvalue weighted by atomic mass is 19.4. The number of nitrogens with zero attached hydrogens (tertiary/aromatic N) is 2. The van der Waals surface area contributed by atoms with Gasteiger partial charge in [-0.25, -0.2) is 9.97 Å². The number of ether oxygens (including phenoxy) is 7. The highest BCUT2D eigenvalue weighted by Crippen LogP contribution is 2.26. The Balaban J connectivity index is 1.23. The summed E-state index contributed by atoms with van der Waals surface area (Å²) in [5.74, 6) is -0.188. The van der Waals surface area contributed by atoms with E-state index in [1.54, 1.807) is 30.3 Å². The Hall–Kier alpha value is -3.90. The number of nitrogens with two attached hydrogens (primary N) is 1. The number of benzene rings is 2. The zero-order valence-corrected chi connectivity index (χ0v) is 26.5. The topological polar surface area (TPSA) is 158 Å². The molecule has 0 radical (unpaired) electrons. The maximum absolute atomic E-state index is 12.7. The second kappa shape index (κ2) is 22.6. The number of rotatable bonds is 25. The van der Waals surface area contributed by atoms with Gasteiger partial charge in [-0.1, -0.05) is 12.1 Å². The highest BCUT2D eigenvalue weighted by Gasteiger charge is 2.31. The molecule has 0 spiro atoms. The molecule has 0 saturated heterocycles. The minimum absolute atomic E-state index is 0.271. The third-order valence-corrected chi connectivity index (χ3v) is 6.10. The number of aromatic nitrogens is 2. The first kappa shape index (κ1) is 38.5. The minimum atomic E-state index is -4.77. The van der Waals surface area contributed by atoms with Crippen molar-refractivity contribution in [2.24, 2.45) is 5.73 Å². The van der Waals surface area contributed by atoms with Gasteiger partial charge < -0.3 is 49.5 Å². The average Bonchev–Trinajstić information content (AvgIpc) is 3.08. The number of carbonyl (C=O) groups excluding carboxylic acids is 1. The Morgan fingerprint density at radius 2 is 1.27 bits per heavy atom. The number of carbonyl (C=O) groups is 1. The lowest BCUT2D eigenvalue weighted by Crippen LogP contribution is -2.27. The van der Waals surface area contributed by atoms with Crippen molar-refractivity contribution in [2.45, 2.75) is 6.36 Å². The predicted molar refractivity (Wildman–Crippen MR) is 170 cm³/mol. The number of anilines is 2. The van der Waals surface area contributed by atoms with Crippen molar-refractivity contribution in [3.8, 4) is 17.0 Å². The minimum Gasteiger partial charge on any atom is -0.406 e. The van der Waals surface area contributed by atoms with Crippen molar-refractivity contribution in [3.05, 3.63) is 66.5 Å². The number of hydrogen-bond acceptors (Lipinski definition) is 12. The molecule has 0 saturated carbocycles. The SMILES string of the molecule is NCCOCCOCCOCCOCCOCCOCCNC(=O)c1cccc(-c2cc(Nc3ccc(OC(F)(F)F)cc3)ncn2)c1. The fraction of sp³-hybridized carbons (Fsp3) is 0.469. The number of halogens is 3. The van der Waals surface area contributed by atoms with Gasteiger partial charge in [-0.15, -0.1) is 13.2 Å². The Labute approximate surface area is 277 Å². The van der Waals surface area contributed by atoms with Crippen molar-refractivity contribution in [1.29, 1.82) is 0 Å². The first-order valence-corrected chi connectivity index (χ1v) is 15.3. The summed E-state index contributed by atoms with van der Waals surface area (Å²) in [5, 5.41) is 5.83. The van der Waals surface area contributed by atoms with E-state index < -0.39 is 6.36 Å². The number of nitrogens with one attached hydrogen (secondary N) is 2. The fourth-order valence-electron chi connectivity index (χ4n) is 3.91. The molecule has 0 unspecified atom stereocenters. The maximum Gasteiger partial charge on any atom is 0.573 e. The second-order valence-electron chi connectivity index (χ2n) is 9.79. The molecule has 48 heavy (non-hydrogen) atoms. The maximum atomic E-state index is 12.7. The summed E-state index contributed by atoms with van der Waals surface area (Å²) in [5.41, 5.74) is 7.49. The van der Waals surface area contributed by atoms with Gasteiger partial charge in [-0.3, -0.25) is 4.79 Å². The fourth-order valence-corrected chi connectivity index (χ4v) is 3.91. The van der Waals surface area contributed by atoms with Crippen LogP contribution in [0.1, 0.15) is 10.4 Å². The molecule has 0 aliphatic carbocycles. The molecule has 0 bridgehead atoms. The highest BCUT2D eigenvalue weighted by molar-refractivity contribution is 5.95. The van der Waals surface area contributed by atoms with Crippen LogP contribution >= 0.6 is 0 Å². The van der Waals surface area contributed by atoms with Gasteiger partial charge in [0.05, 0.1) is 85.0 Å². The van der Waals surface area contributed by atoms with Crippen molar-refractivity contribution < 1.29 is 51.1 Å². The molecule has 0 fully saturated rings. The lowest BCUT2D eigenvalue weighted by molar-refractivity contribution is -0.274. The zero-order chi connectivity index (χ0) is 34.3. The van der Waals surface area contributed by atoms with Crippen molar-refractivity contribution in [3.63, 3.8) is 0 Å². The Kier molecular flexibility index (Phi) is 18.2. The Morgan fingerprint density at radius 1 is 0.708 bits per heavy atom. The molecule has 1 amide bonds. The summed E-state index contributed by atoms with van der Waals surface area (Å²) in [6, 6.07) is 13.8. The second-order valence-corrected chi connectivity index (χ2v) is 9.79. The lowest BCUT2D eigenvalue weighted by Gasteiger charge is -2.11. The van der Waals surface area contributed by atoms with Crippen molar-refractivity contribution >= 4 is 17.4 Å². The Bertz CT molecular complexity index is 1320. The predicted octanol–water partition coefficient (Wildman–Crippen LogP) is 3.57. The molecule has 0 atom stereocenters. The molecule has 4 N–H and O–H groups in total. The van der Waals surface area contributed by atoms with E-state index in [1.165, 1.54) is 30.6 Å². The summed E-state index contributed by atoms with van der Waals surface area (Å²) >= 11 is 0. The van der Waals surface area contributed by atoms with E-state index in [1.807, 2.05) is 0 Å². The van der Waals surface area contributed by atoms with Gasteiger partial charge in [0.15, 0.2) is 0 Å². The summed E-state index contributed by atoms with van der Waals surface area (Å²) in [6.07, 6.45) is -3.42. The first-order chi connectivity index (χ1) is 23.3. The van der Waals surface area contributed by atoms with E-state index in [0.29, 0.717) is 121 Å². The van der Waals surface area contributed by atoms with E-state index in [-0.39, 0.29) is 11.7 Å². The van der Waals surface area contributed by atoms with Gasteiger partial charge in [0.25, 0.3) is 5.91 Å². The van der Waals surface area contributed by atoms with E-state index in [0.717, 1.165) is 0 Å². The third-order valence-electron chi connectivity index (χ3n) is 6.10. The average molecular weight is 682 g/mol. The van der Waals surface area contributed by atoms with Gasteiger partial charge >= 0.3 is 6.36 Å². The molecular formula is C32H42F3N5O8. The summed E-state index contributed by atoms with van der Waals surface area (Å²) in [7, 11) is 0. The largest absolute Gasteiger partial charge is 0.573 e. The number of hydrogen-bond donors (Lipinski definition) is 3. The van der Waals surface area contributed by atoms with Gasteiger partial charge in [0, 0.05) is 36.0 Å². The molecule has 16 heteroatoms. The molecule has 3 rings (SSSR count). The molecule has 1 aromatic heterocycles. The van der Waals surface area contributed by atoms with Gasteiger partial charge in [-0.2, -0.15) is 0 Å². The molecule has 3 aromatic rings. The van der Waals surface area contributed by atoms with Crippen LogP contribution in [0.25, 0.3) is 11.3 Å². The summed E-state index contributed by atoms with van der Waals surface area (Å²) < 4.78 is 73.5. The third kappa shape index (κ3) is 16.8. The van der Waals surface area contributed by atoms with Crippen LogP contribution in [0.2, 0.25) is 0 Å². The monoisotopic (exact) mass is 681 g/mol.